The van der Waals surface area contributed by atoms with Crippen molar-refractivity contribution in [3.63, 3.8) is 0 Å². The number of para-hydroxylation sites is 1. The standard InChI is InChI=1S/C18H17N5S2/c1-12-10-13-16(19-11-20-17(13)24-12)22-6-8-23(9-7-22)18-21-14-4-2-3-5-15(14)25-18/h2-5,10-11H,6-9H2,1H3. The fraction of sp³-hybridized carbons (Fsp3) is 0.278. The van der Waals surface area contributed by atoms with Crippen LogP contribution in [0, 0.1) is 6.92 Å². The molecule has 5 nitrogen and oxygen atoms in total. The van der Waals surface area contributed by atoms with Crippen molar-refractivity contribution in [1.29, 1.82) is 0 Å². The monoisotopic (exact) mass is 367 g/mol. The lowest BCUT2D eigenvalue weighted by Gasteiger charge is -2.35. The number of hydrogen-bond acceptors (Lipinski definition) is 7. The molecule has 0 bridgehead atoms. The number of aryl methyl sites for hydroxylation is 1. The quantitative estimate of drug-likeness (QED) is 0.537. The van der Waals surface area contributed by atoms with Crippen molar-refractivity contribution in [1.82, 2.24) is 15.0 Å². The summed E-state index contributed by atoms with van der Waals surface area (Å²) in [5, 5.41) is 2.30. The highest BCUT2D eigenvalue weighted by molar-refractivity contribution is 7.22. The van der Waals surface area contributed by atoms with Crippen LogP contribution < -0.4 is 9.80 Å². The fourth-order valence-corrected chi connectivity index (χ4v) is 5.18. The van der Waals surface area contributed by atoms with Gasteiger partial charge in [0, 0.05) is 31.1 Å². The Hall–Kier alpha value is -2.25. The van der Waals surface area contributed by atoms with E-state index in [0.29, 0.717) is 0 Å². The van der Waals surface area contributed by atoms with Crippen molar-refractivity contribution in [3.8, 4) is 0 Å². The van der Waals surface area contributed by atoms with Gasteiger partial charge in [0.1, 0.15) is 17.0 Å². The van der Waals surface area contributed by atoms with Crippen molar-refractivity contribution in [2.24, 2.45) is 0 Å². The first-order valence-corrected chi connectivity index (χ1v) is 9.98. The Morgan fingerprint density at radius 3 is 2.60 bits per heavy atom. The summed E-state index contributed by atoms with van der Waals surface area (Å²) < 4.78 is 1.26. The Morgan fingerprint density at radius 1 is 0.960 bits per heavy atom. The van der Waals surface area contributed by atoms with Crippen LogP contribution in [0.2, 0.25) is 0 Å². The molecule has 1 aliphatic rings. The Morgan fingerprint density at radius 2 is 1.76 bits per heavy atom. The number of anilines is 2. The van der Waals surface area contributed by atoms with Gasteiger partial charge in [-0.15, -0.1) is 11.3 Å². The molecular formula is C18H17N5S2. The SMILES string of the molecule is Cc1cc2c(N3CCN(c4nc5ccccc5s4)CC3)ncnc2s1. The average molecular weight is 368 g/mol. The van der Waals surface area contributed by atoms with Gasteiger partial charge in [-0.1, -0.05) is 23.5 Å². The molecule has 0 saturated carbocycles. The lowest BCUT2D eigenvalue weighted by molar-refractivity contribution is 0.648. The van der Waals surface area contributed by atoms with Crippen LogP contribution in [0.4, 0.5) is 10.9 Å². The lowest BCUT2D eigenvalue weighted by Crippen LogP contribution is -2.46. The minimum absolute atomic E-state index is 0.955. The zero-order valence-electron chi connectivity index (χ0n) is 13.8. The minimum atomic E-state index is 0.955. The van der Waals surface area contributed by atoms with E-state index in [2.05, 4.69) is 51.0 Å². The molecule has 0 atom stereocenters. The van der Waals surface area contributed by atoms with Gasteiger partial charge in [0.2, 0.25) is 0 Å². The molecule has 4 aromatic rings. The highest BCUT2D eigenvalue weighted by atomic mass is 32.1. The molecule has 3 aromatic heterocycles. The molecule has 0 aliphatic carbocycles. The minimum Gasteiger partial charge on any atom is -0.352 e. The summed E-state index contributed by atoms with van der Waals surface area (Å²) >= 11 is 3.51. The van der Waals surface area contributed by atoms with Crippen molar-refractivity contribution in [2.45, 2.75) is 6.92 Å². The summed E-state index contributed by atoms with van der Waals surface area (Å²) in [4.78, 5) is 20.9. The normalized spacial score (nSPS) is 15.4. The molecule has 7 heteroatoms. The second-order valence-corrected chi connectivity index (χ2v) is 8.46. The molecular weight excluding hydrogens is 350 g/mol. The number of fused-ring (bicyclic) bond motifs is 2. The highest BCUT2D eigenvalue weighted by Crippen LogP contribution is 2.32. The van der Waals surface area contributed by atoms with Gasteiger partial charge in [-0.2, -0.15) is 0 Å². The van der Waals surface area contributed by atoms with Crippen LogP contribution in [0.1, 0.15) is 4.88 Å². The first-order chi connectivity index (χ1) is 12.3. The second-order valence-electron chi connectivity index (χ2n) is 6.21. The van der Waals surface area contributed by atoms with Crippen LogP contribution in [0.15, 0.2) is 36.7 Å². The molecule has 1 aromatic carbocycles. The number of aromatic nitrogens is 3. The molecule has 4 heterocycles. The number of piperazine rings is 1. The van der Waals surface area contributed by atoms with Crippen LogP contribution in [0.3, 0.4) is 0 Å². The molecule has 5 rings (SSSR count). The Balaban J connectivity index is 1.38. The maximum atomic E-state index is 4.79. The van der Waals surface area contributed by atoms with Gasteiger partial charge in [-0.3, -0.25) is 0 Å². The summed E-state index contributed by atoms with van der Waals surface area (Å²) in [6.07, 6.45) is 1.69. The summed E-state index contributed by atoms with van der Waals surface area (Å²) in [7, 11) is 0. The van der Waals surface area contributed by atoms with Gasteiger partial charge >= 0.3 is 0 Å². The zero-order valence-corrected chi connectivity index (χ0v) is 15.5. The number of benzene rings is 1. The summed E-state index contributed by atoms with van der Waals surface area (Å²) in [5.41, 5.74) is 1.09. The van der Waals surface area contributed by atoms with E-state index < -0.39 is 0 Å². The largest absolute Gasteiger partial charge is 0.352 e. The van der Waals surface area contributed by atoms with Crippen molar-refractivity contribution >= 4 is 54.1 Å². The number of thiazole rings is 1. The first-order valence-electron chi connectivity index (χ1n) is 8.34. The van der Waals surface area contributed by atoms with E-state index in [4.69, 9.17) is 4.98 Å². The van der Waals surface area contributed by atoms with E-state index in [1.807, 2.05) is 6.07 Å². The third kappa shape index (κ3) is 2.63. The summed E-state index contributed by atoms with van der Waals surface area (Å²) in [5.74, 6) is 1.07. The molecule has 0 N–H and O–H groups in total. The molecule has 1 saturated heterocycles. The Bertz CT molecular complexity index is 1010. The van der Waals surface area contributed by atoms with E-state index in [1.165, 1.54) is 15.0 Å². The number of nitrogens with zero attached hydrogens (tertiary/aromatic N) is 5. The molecule has 0 spiro atoms. The highest BCUT2D eigenvalue weighted by Gasteiger charge is 2.22. The molecule has 0 unspecified atom stereocenters. The maximum Gasteiger partial charge on any atom is 0.186 e. The molecule has 1 fully saturated rings. The van der Waals surface area contributed by atoms with E-state index in [-0.39, 0.29) is 0 Å². The van der Waals surface area contributed by atoms with E-state index in [1.54, 1.807) is 29.0 Å². The van der Waals surface area contributed by atoms with E-state index >= 15 is 0 Å². The molecule has 0 radical (unpaired) electrons. The third-order valence-electron chi connectivity index (χ3n) is 4.56. The second kappa shape index (κ2) is 5.93. The van der Waals surface area contributed by atoms with Crippen molar-refractivity contribution in [3.05, 3.63) is 41.5 Å². The average Bonchev–Trinajstić information content (AvgIpc) is 3.24. The smallest absolute Gasteiger partial charge is 0.186 e. The third-order valence-corrected chi connectivity index (χ3v) is 6.62. The van der Waals surface area contributed by atoms with Gasteiger partial charge in [-0.05, 0) is 25.1 Å². The first kappa shape index (κ1) is 15.0. The number of thiophene rings is 1. The van der Waals surface area contributed by atoms with Crippen LogP contribution in [-0.2, 0) is 0 Å². The van der Waals surface area contributed by atoms with Gasteiger partial charge in [0.25, 0.3) is 0 Å². The fourth-order valence-electron chi connectivity index (χ4n) is 3.32. The Kier molecular flexibility index (Phi) is 3.57. The van der Waals surface area contributed by atoms with E-state index in [9.17, 15) is 0 Å². The molecule has 1 aliphatic heterocycles. The molecule has 0 amide bonds. The van der Waals surface area contributed by atoms with E-state index in [0.717, 1.165) is 47.5 Å². The summed E-state index contributed by atoms with van der Waals surface area (Å²) in [6.45, 7) is 5.97. The zero-order chi connectivity index (χ0) is 16.8. The van der Waals surface area contributed by atoms with Crippen LogP contribution in [0.25, 0.3) is 20.4 Å². The maximum absolute atomic E-state index is 4.79. The molecule has 25 heavy (non-hydrogen) atoms. The van der Waals surface area contributed by atoms with Gasteiger partial charge in [0.15, 0.2) is 5.13 Å². The van der Waals surface area contributed by atoms with Crippen LogP contribution in [0.5, 0.6) is 0 Å². The van der Waals surface area contributed by atoms with Gasteiger partial charge < -0.3 is 9.80 Å². The van der Waals surface area contributed by atoms with Crippen molar-refractivity contribution in [2.75, 3.05) is 36.0 Å². The van der Waals surface area contributed by atoms with Crippen LogP contribution in [-0.4, -0.2) is 41.1 Å². The predicted molar refractivity (Wildman–Crippen MR) is 106 cm³/mol. The predicted octanol–water partition coefficient (Wildman–Crippen LogP) is 3.94. The van der Waals surface area contributed by atoms with Gasteiger partial charge in [0.05, 0.1) is 15.6 Å². The summed E-state index contributed by atoms with van der Waals surface area (Å²) in [6, 6.07) is 10.6. The Labute approximate surface area is 153 Å². The van der Waals surface area contributed by atoms with Gasteiger partial charge in [-0.25, -0.2) is 15.0 Å². The van der Waals surface area contributed by atoms with Crippen molar-refractivity contribution < 1.29 is 0 Å². The number of rotatable bonds is 2. The lowest BCUT2D eigenvalue weighted by atomic mass is 10.2. The topological polar surface area (TPSA) is 45.2 Å². The number of hydrogen-bond donors (Lipinski definition) is 0. The molecule has 126 valence electrons. The van der Waals surface area contributed by atoms with Crippen LogP contribution >= 0.6 is 22.7 Å².